The second-order valence-electron chi connectivity index (χ2n) is 9.52. The van der Waals surface area contributed by atoms with Gasteiger partial charge in [-0.3, -0.25) is 9.69 Å². The van der Waals surface area contributed by atoms with Gasteiger partial charge in [-0.15, -0.1) is 0 Å². The summed E-state index contributed by atoms with van der Waals surface area (Å²) in [6, 6.07) is 13.7. The number of para-hydroxylation sites is 2. The molecule has 2 aliphatic rings. The number of piperidine rings is 1. The molecular weight excluding hydrogens is 444 g/mol. The van der Waals surface area contributed by atoms with Gasteiger partial charge < -0.3 is 24.3 Å². The van der Waals surface area contributed by atoms with E-state index in [1.807, 2.05) is 49.4 Å². The van der Waals surface area contributed by atoms with E-state index in [-0.39, 0.29) is 24.0 Å². The zero-order valence-electron chi connectivity index (χ0n) is 21.1. The molecule has 0 aliphatic carbocycles. The van der Waals surface area contributed by atoms with Crippen molar-refractivity contribution in [3.8, 4) is 23.0 Å². The molecule has 190 valence electrons. The Balaban J connectivity index is 1.29. The summed E-state index contributed by atoms with van der Waals surface area (Å²) in [5, 5.41) is 3.25. The summed E-state index contributed by atoms with van der Waals surface area (Å²) >= 11 is 0. The number of carbonyl (C=O) groups excluding carboxylic acids is 1. The Morgan fingerprint density at radius 3 is 2.49 bits per heavy atom. The summed E-state index contributed by atoms with van der Waals surface area (Å²) in [5.74, 6) is 3.39. The fourth-order valence-corrected chi connectivity index (χ4v) is 4.62. The Bertz CT molecular complexity index is 972. The number of amides is 1. The largest absolute Gasteiger partial charge is 0.490 e. The monoisotopic (exact) mass is 482 g/mol. The quantitative estimate of drug-likeness (QED) is 0.563. The highest BCUT2D eigenvalue weighted by Crippen LogP contribution is 2.34. The van der Waals surface area contributed by atoms with Crippen molar-refractivity contribution in [3.05, 3.63) is 48.0 Å². The van der Waals surface area contributed by atoms with Gasteiger partial charge in [0.05, 0.1) is 32.4 Å². The number of hydrogen-bond acceptors (Lipinski definition) is 6. The Kier molecular flexibility index (Phi) is 8.74. The van der Waals surface area contributed by atoms with Crippen LogP contribution in [0.1, 0.15) is 51.6 Å². The van der Waals surface area contributed by atoms with Crippen LogP contribution in [0.5, 0.6) is 23.0 Å². The maximum absolute atomic E-state index is 13.0. The lowest BCUT2D eigenvalue weighted by molar-refractivity contribution is -0.123. The molecule has 2 heterocycles. The molecule has 1 N–H and O–H groups in total. The molecule has 0 saturated carbocycles. The SMILES string of the molecule is CCOc1ccccc1OC1CCN(CC(=O)NC(c2ccc3c(c2)OCCCO3)C(C)C)CC1. The first-order valence-electron chi connectivity index (χ1n) is 12.8. The highest BCUT2D eigenvalue weighted by atomic mass is 16.5. The zero-order chi connectivity index (χ0) is 24.6. The van der Waals surface area contributed by atoms with Gasteiger partial charge in [0.25, 0.3) is 0 Å². The zero-order valence-corrected chi connectivity index (χ0v) is 21.1. The Labute approximate surface area is 208 Å². The molecule has 1 amide bonds. The minimum absolute atomic E-state index is 0.0388. The molecule has 1 unspecified atom stereocenters. The van der Waals surface area contributed by atoms with Gasteiger partial charge in [0.1, 0.15) is 6.10 Å². The van der Waals surface area contributed by atoms with Crippen LogP contribution in [-0.4, -0.2) is 56.4 Å². The predicted molar refractivity (Wildman–Crippen MR) is 135 cm³/mol. The summed E-state index contributed by atoms with van der Waals surface area (Å²) in [5.41, 5.74) is 1.04. The lowest BCUT2D eigenvalue weighted by Gasteiger charge is -2.32. The van der Waals surface area contributed by atoms with Crippen LogP contribution in [-0.2, 0) is 4.79 Å². The first-order valence-corrected chi connectivity index (χ1v) is 12.8. The standard InChI is InChI=1S/C28H38N2O5/c1-4-32-23-8-5-6-9-25(23)35-22-12-14-30(15-13-22)19-27(31)29-28(20(2)3)21-10-11-24-26(18-21)34-17-7-16-33-24/h5-6,8-11,18,20,22,28H,4,7,12-17,19H2,1-3H3,(H,29,31). The van der Waals surface area contributed by atoms with Crippen molar-refractivity contribution in [2.75, 3.05) is 39.5 Å². The van der Waals surface area contributed by atoms with Crippen molar-refractivity contribution >= 4 is 5.91 Å². The van der Waals surface area contributed by atoms with Crippen molar-refractivity contribution in [2.45, 2.75) is 52.2 Å². The van der Waals surface area contributed by atoms with Gasteiger partial charge in [0, 0.05) is 19.5 Å². The van der Waals surface area contributed by atoms with Crippen molar-refractivity contribution in [2.24, 2.45) is 5.92 Å². The van der Waals surface area contributed by atoms with E-state index in [0.717, 1.165) is 60.9 Å². The second-order valence-corrected chi connectivity index (χ2v) is 9.52. The normalized spacial score (nSPS) is 17.5. The van der Waals surface area contributed by atoms with Gasteiger partial charge in [0.2, 0.25) is 5.91 Å². The van der Waals surface area contributed by atoms with E-state index in [1.165, 1.54) is 0 Å². The second kappa shape index (κ2) is 12.2. The van der Waals surface area contributed by atoms with E-state index in [2.05, 4.69) is 24.1 Å². The molecule has 2 aliphatic heterocycles. The van der Waals surface area contributed by atoms with Gasteiger partial charge in [-0.1, -0.05) is 32.0 Å². The average molecular weight is 483 g/mol. The van der Waals surface area contributed by atoms with Crippen LogP contribution in [0.4, 0.5) is 0 Å². The number of benzene rings is 2. The number of fused-ring (bicyclic) bond motifs is 1. The summed E-state index contributed by atoms with van der Waals surface area (Å²) < 4.78 is 23.5. The van der Waals surface area contributed by atoms with E-state index >= 15 is 0 Å². The number of hydrogen-bond donors (Lipinski definition) is 1. The third-order valence-corrected chi connectivity index (χ3v) is 6.46. The molecule has 1 atom stereocenters. The topological polar surface area (TPSA) is 69.3 Å². The summed E-state index contributed by atoms with van der Waals surface area (Å²) in [6.07, 6.45) is 2.75. The van der Waals surface area contributed by atoms with E-state index in [1.54, 1.807) is 0 Å². The molecule has 7 heteroatoms. The van der Waals surface area contributed by atoms with E-state index < -0.39 is 0 Å². The van der Waals surface area contributed by atoms with Crippen molar-refractivity contribution in [1.82, 2.24) is 10.2 Å². The van der Waals surface area contributed by atoms with E-state index in [4.69, 9.17) is 18.9 Å². The number of carbonyl (C=O) groups is 1. The Morgan fingerprint density at radius 2 is 1.77 bits per heavy atom. The molecule has 1 saturated heterocycles. The van der Waals surface area contributed by atoms with Crippen molar-refractivity contribution in [3.63, 3.8) is 0 Å². The number of nitrogens with zero attached hydrogens (tertiary/aromatic N) is 1. The highest BCUT2D eigenvalue weighted by Gasteiger charge is 2.25. The molecule has 2 aromatic carbocycles. The first-order chi connectivity index (χ1) is 17.0. The molecule has 35 heavy (non-hydrogen) atoms. The smallest absolute Gasteiger partial charge is 0.234 e. The molecule has 0 bridgehead atoms. The molecule has 2 aromatic rings. The van der Waals surface area contributed by atoms with Crippen LogP contribution in [0, 0.1) is 5.92 Å². The lowest BCUT2D eigenvalue weighted by Crippen LogP contribution is -2.45. The highest BCUT2D eigenvalue weighted by molar-refractivity contribution is 5.78. The van der Waals surface area contributed by atoms with Gasteiger partial charge >= 0.3 is 0 Å². The summed E-state index contributed by atoms with van der Waals surface area (Å²) in [4.78, 5) is 15.2. The molecular formula is C28H38N2O5. The minimum Gasteiger partial charge on any atom is -0.490 e. The lowest BCUT2D eigenvalue weighted by atomic mass is 9.95. The van der Waals surface area contributed by atoms with Crippen LogP contribution < -0.4 is 24.3 Å². The van der Waals surface area contributed by atoms with Gasteiger partial charge in [0.15, 0.2) is 23.0 Å². The summed E-state index contributed by atoms with van der Waals surface area (Å²) in [6.45, 7) is 10.2. The Morgan fingerprint density at radius 1 is 1.06 bits per heavy atom. The van der Waals surface area contributed by atoms with Gasteiger partial charge in [-0.05, 0) is 55.5 Å². The van der Waals surface area contributed by atoms with Crippen molar-refractivity contribution < 1.29 is 23.7 Å². The van der Waals surface area contributed by atoms with E-state index in [0.29, 0.717) is 26.4 Å². The molecule has 0 aromatic heterocycles. The molecule has 4 rings (SSSR count). The minimum atomic E-state index is -0.0874. The van der Waals surface area contributed by atoms with Crippen LogP contribution in [0.25, 0.3) is 0 Å². The fraction of sp³-hybridized carbons (Fsp3) is 0.536. The number of rotatable bonds is 9. The molecule has 7 nitrogen and oxygen atoms in total. The number of nitrogens with one attached hydrogen (secondary N) is 1. The Hall–Kier alpha value is -2.93. The van der Waals surface area contributed by atoms with Crippen LogP contribution in [0.3, 0.4) is 0 Å². The van der Waals surface area contributed by atoms with Gasteiger partial charge in [-0.2, -0.15) is 0 Å². The van der Waals surface area contributed by atoms with Crippen molar-refractivity contribution in [1.29, 1.82) is 0 Å². The predicted octanol–water partition coefficient (Wildman–Crippen LogP) is 4.60. The molecule has 1 fully saturated rings. The van der Waals surface area contributed by atoms with E-state index in [9.17, 15) is 4.79 Å². The van der Waals surface area contributed by atoms with Crippen LogP contribution in [0.2, 0.25) is 0 Å². The number of ether oxygens (including phenoxy) is 4. The first kappa shape index (κ1) is 25.2. The fourth-order valence-electron chi connectivity index (χ4n) is 4.62. The molecule has 0 radical (unpaired) electrons. The third-order valence-electron chi connectivity index (χ3n) is 6.46. The van der Waals surface area contributed by atoms with Gasteiger partial charge in [-0.25, -0.2) is 0 Å². The van der Waals surface area contributed by atoms with Crippen LogP contribution in [0.15, 0.2) is 42.5 Å². The third kappa shape index (κ3) is 6.82. The van der Waals surface area contributed by atoms with Crippen LogP contribution >= 0.6 is 0 Å². The number of likely N-dealkylation sites (tertiary alicyclic amines) is 1. The summed E-state index contributed by atoms with van der Waals surface area (Å²) in [7, 11) is 0. The molecule has 0 spiro atoms. The maximum atomic E-state index is 13.0. The average Bonchev–Trinajstić information content (AvgIpc) is 3.10. The maximum Gasteiger partial charge on any atom is 0.234 e.